The maximum absolute atomic E-state index is 13.8. The van der Waals surface area contributed by atoms with E-state index in [0.717, 1.165) is 5.56 Å². The number of anilines is 1. The lowest BCUT2D eigenvalue weighted by Gasteiger charge is -2.35. The molecule has 0 atom stereocenters. The van der Waals surface area contributed by atoms with Gasteiger partial charge in [-0.2, -0.15) is 9.57 Å². The number of rotatable bonds is 4. The molecule has 3 rings (SSSR count). The van der Waals surface area contributed by atoms with Gasteiger partial charge in [-0.05, 0) is 23.8 Å². The zero-order chi connectivity index (χ0) is 18.6. The average molecular weight is 371 g/mol. The second-order valence-corrected chi connectivity index (χ2v) is 7.71. The summed E-state index contributed by atoms with van der Waals surface area (Å²) in [4.78, 5) is 1.84. The van der Waals surface area contributed by atoms with Crippen molar-refractivity contribution in [2.24, 2.45) is 0 Å². The average Bonchev–Trinajstić information content (AvgIpc) is 2.67. The van der Waals surface area contributed by atoms with Crippen molar-refractivity contribution in [2.75, 3.05) is 31.1 Å². The summed E-state index contributed by atoms with van der Waals surface area (Å²) in [7, 11) is -3.52. The zero-order valence-corrected chi connectivity index (χ0v) is 14.9. The first-order valence-electron chi connectivity index (χ1n) is 8.18. The van der Waals surface area contributed by atoms with Gasteiger partial charge in [0.1, 0.15) is 17.4 Å². The normalized spacial score (nSPS) is 15.9. The Morgan fingerprint density at radius 2 is 1.69 bits per heavy atom. The lowest BCUT2D eigenvalue weighted by Crippen LogP contribution is -2.48. The first-order chi connectivity index (χ1) is 12.5. The first kappa shape index (κ1) is 18.1. The van der Waals surface area contributed by atoms with Crippen LogP contribution in [0.5, 0.6) is 0 Å². The summed E-state index contributed by atoms with van der Waals surface area (Å²) in [6.45, 7) is 1.36. The quantitative estimate of drug-likeness (QED) is 0.829. The van der Waals surface area contributed by atoms with Crippen LogP contribution in [0.4, 0.5) is 10.1 Å². The Kier molecular flexibility index (Phi) is 5.35. The summed E-state index contributed by atoms with van der Waals surface area (Å²) >= 11 is 0. The Bertz CT molecular complexity index is 944. The third-order valence-corrected chi connectivity index (χ3v) is 5.84. The molecule has 2 aromatic carbocycles. The molecule has 5 nitrogen and oxygen atoms in total. The zero-order valence-electron chi connectivity index (χ0n) is 14.0. The summed E-state index contributed by atoms with van der Waals surface area (Å²) in [6.07, 6.45) is 1.57. The molecule has 0 radical (unpaired) electrons. The van der Waals surface area contributed by atoms with E-state index in [1.807, 2.05) is 41.3 Å². The first-order valence-corrected chi connectivity index (χ1v) is 9.68. The second-order valence-electron chi connectivity index (χ2n) is 5.89. The Morgan fingerprint density at radius 3 is 2.35 bits per heavy atom. The predicted octanol–water partition coefficient (Wildman–Crippen LogP) is 2.82. The van der Waals surface area contributed by atoms with Crippen molar-refractivity contribution < 1.29 is 12.8 Å². The van der Waals surface area contributed by atoms with Gasteiger partial charge in [0.2, 0.25) is 10.0 Å². The van der Waals surface area contributed by atoms with Gasteiger partial charge in [-0.15, -0.1) is 0 Å². The lowest BCUT2D eigenvalue weighted by atomic mass is 10.1. The van der Waals surface area contributed by atoms with Gasteiger partial charge in [-0.1, -0.05) is 36.4 Å². The molecule has 1 fully saturated rings. The van der Waals surface area contributed by atoms with Crippen LogP contribution in [0.2, 0.25) is 0 Å². The molecule has 0 saturated carbocycles. The Morgan fingerprint density at radius 1 is 1.00 bits per heavy atom. The summed E-state index contributed by atoms with van der Waals surface area (Å²) in [5, 5.41) is 10.4. The van der Waals surface area contributed by atoms with Crippen LogP contribution in [0.15, 0.2) is 53.9 Å². The van der Waals surface area contributed by atoms with Gasteiger partial charge >= 0.3 is 0 Å². The third-order valence-electron chi connectivity index (χ3n) is 4.27. The predicted molar refractivity (Wildman–Crippen MR) is 99.3 cm³/mol. The van der Waals surface area contributed by atoms with Crippen LogP contribution in [0, 0.1) is 17.1 Å². The maximum atomic E-state index is 13.8. The fourth-order valence-electron chi connectivity index (χ4n) is 2.89. The number of hydrogen-bond acceptors (Lipinski definition) is 4. The van der Waals surface area contributed by atoms with E-state index in [9.17, 15) is 12.8 Å². The molecule has 1 heterocycles. The highest BCUT2D eigenvalue weighted by molar-refractivity contribution is 7.92. The number of halogens is 1. The van der Waals surface area contributed by atoms with Gasteiger partial charge in [0.25, 0.3) is 0 Å². The van der Waals surface area contributed by atoms with Gasteiger partial charge in [0, 0.05) is 31.6 Å². The highest BCUT2D eigenvalue weighted by Crippen LogP contribution is 2.24. The molecule has 0 unspecified atom stereocenters. The third kappa shape index (κ3) is 3.93. The number of nitriles is 1. The molecule has 0 spiro atoms. The molecule has 0 aliphatic carbocycles. The fraction of sp³-hybridized carbons (Fsp3) is 0.211. The van der Waals surface area contributed by atoms with Crippen molar-refractivity contribution in [3.05, 3.63) is 70.9 Å². The molecular formula is C19H18FN3O2S. The summed E-state index contributed by atoms with van der Waals surface area (Å²) in [5.41, 5.74) is 1.31. The maximum Gasteiger partial charge on any atom is 0.236 e. The van der Waals surface area contributed by atoms with Crippen LogP contribution in [-0.4, -0.2) is 38.9 Å². The molecule has 7 heteroatoms. The van der Waals surface area contributed by atoms with Crippen LogP contribution >= 0.6 is 0 Å². The molecule has 0 bridgehead atoms. The van der Waals surface area contributed by atoms with Crippen LogP contribution in [0.3, 0.4) is 0 Å². The molecule has 1 aliphatic rings. The van der Waals surface area contributed by atoms with Gasteiger partial charge < -0.3 is 4.90 Å². The number of piperazine rings is 1. The lowest BCUT2D eigenvalue weighted by molar-refractivity contribution is 0.389. The SMILES string of the molecule is N#Cc1c(F)cccc1N1CCN(S(=O)(=O)/C=C/c2ccccc2)CC1. The molecule has 2 aromatic rings. The van der Waals surface area contributed by atoms with Crippen molar-refractivity contribution in [1.82, 2.24) is 4.31 Å². The van der Waals surface area contributed by atoms with Gasteiger partial charge in [0.15, 0.2) is 0 Å². The molecule has 1 saturated heterocycles. The van der Waals surface area contributed by atoms with E-state index >= 15 is 0 Å². The van der Waals surface area contributed by atoms with Crippen molar-refractivity contribution in [3.63, 3.8) is 0 Å². The Labute approximate surface area is 152 Å². The van der Waals surface area contributed by atoms with Crippen LogP contribution < -0.4 is 4.90 Å². The highest BCUT2D eigenvalue weighted by atomic mass is 32.2. The number of nitrogens with zero attached hydrogens (tertiary/aromatic N) is 3. The van der Waals surface area contributed by atoms with Crippen LogP contribution in [0.25, 0.3) is 6.08 Å². The van der Waals surface area contributed by atoms with Crippen molar-refractivity contribution in [1.29, 1.82) is 5.26 Å². The van der Waals surface area contributed by atoms with Gasteiger partial charge in [-0.25, -0.2) is 12.8 Å². The summed E-state index contributed by atoms with van der Waals surface area (Å²) in [6, 6.07) is 15.6. The van der Waals surface area contributed by atoms with E-state index in [4.69, 9.17) is 5.26 Å². The standard InChI is InChI=1S/C19H18FN3O2S/c20-18-7-4-8-19(17(18)15-21)22-10-12-23(13-11-22)26(24,25)14-9-16-5-2-1-3-6-16/h1-9,14H,10-13H2/b14-9+. The largest absolute Gasteiger partial charge is 0.368 e. The van der Waals surface area contributed by atoms with E-state index < -0.39 is 15.8 Å². The fourth-order valence-corrected chi connectivity index (χ4v) is 4.06. The van der Waals surface area contributed by atoms with Crippen molar-refractivity contribution in [3.8, 4) is 6.07 Å². The van der Waals surface area contributed by atoms with Crippen molar-refractivity contribution in [2.45, 2.75) is 0 Å². The number of hydrogen-bond donors (Lipinski definition) is 0. The molecule has 0 N–H and O–H groups in total. The molecule has 134 valence electrons. The summed E-state index contributed by atoms with van der Waals surface area (Å²) in [5.74, 6) is -0.564. The van der Waals surface area contributed by atoms with Gasteiger partial charge in [0.05, 0.1) is 5.69 Å². The topological polar surface area (TPSA) is 64.4 Å². The minimum absolute atomic E-state index is 0.00668. The van der Waals surface area contributed by atoms with E-state index in [1.54, 1.807) is 18.2 Å². The molecule has 0 amide bonds. The van der Waals surface area contributed by atoms with Crippen molar-refractivity contribution >= 4 is 21.8 Å². The molecule has 0 aromatic heterocycles. The minimum atomic E-state index is -3.52. The van der Waals surface area contributed by atoms with Crippen LogP contribution in [0.1, 0.15) is 11.1 Å². The highest BCUT2D eigenvalue weighted by Gasteiger charge is 2.26. The second kappa shape index (κ2) is 7.68. The van der Waals surface area contributed by atoms with Crippen LogP contribution in [-0.2, 0) is 10.0 Å². The smallest absolute Gasteiger partial charge is 0.236 e. The minimum Gasteiger partial charge on any atom is -0.368 e. The number of sulfonamides is 1. The van der Waals surface area contributed by atoms with Gasteiger partial charge in [-0.3, -0.25) is 0 Å². The van der Waals surface area contributed by atoms with E-state index in [0.29, 0.717) is 18.8 Å². The van der Waals surface area contributed by atoms with E-state index in [2.05, 4.69) is 0 Å². The molecule has 1 aliphatic heterocycles. The summed E-state index contributed by atoms with van der Waals surface area (Å²) < 4.78 is 40.1. The molecule has 26 heavy (non-hydrogen) atoms. The Hall–Kier alpha value is -2.69. The Balaban J connectivity index is 1.70. The van der Waals surface area contributed by atoms with E-state index in [1.165, 1.54) is 15.8 Å². The van der Waals surface area contributed by atoms with E-state index in [-0.39, 0.29) is 18.7 Å². The monoisotopic (exact) mass is 371 g/mol. The molecular weight excluding hydrogens is 353 g/mol. The number of benzene rings is 2.